The molecule has 6 heteroatoms. The Morgan fingerprint density at radius 1 is 1.26 bits per heavy atom. The fourth-order valence-corrected chi connectivity index (χ4v) is 2.26. The first kappa shape index (κ1) is 14.1. The molecule has 0 bridgehead atoms. The van der Waals surface area contributed by atoms with Crippen LogP contribution in [0, 0.1) is 13.7 Å². The summed E-state index contributed by atoms with van der Waals surface area (Å²) >= 11 is 7.91. The number of hydrogen-bond acceptors (Lipinski definition) is 3. The number of rotatable bonds is 4. The van der Waals surface area contributed by atoms with E-state index < -0.39 is 4.92 Å². The van der Waals surface area contributed by atoms with Gasteiger partial charge in [-0.25, -0.2) is 0 Å². The van der Waals surface area contributed by atoms with E-state index in [-0.39, 0.29) is 12.3 Å². The molecule has 0 heterocycles. The van der Waals surface area contributed by atoms with Crippen LogP contribution >= 0.6 is 34.2 Å². The van der Waals surface area contributed by atoms with Gasteiger partial charge in [-0.05, 0) is 46.9 Å². The molecule has 0 amide bonds. The summed E-state index contributed by atoms with van der Waals surface area (Å²) in [5.41, 5.74) is 0.465. The van der Waals surface area contributed by atoms with Crippen molar-refractivity contribution in [2.75, 3.05) is 0 Å². The molecule has 0 aliphatic carbocycles. The lowest BCUT2D eigenvalue weighted by Crippen LogP contribution is -2.01. The lowest BCUT2D eigenvalue weighted by molar-refractivity contribution is -0.385. The molecule has 0 aromatic heterocycles. The Labute approximate surface area is 128 Å². The molecule has 0 aliphatic heterocycles. The lowest BCUT2D eigenvalue weighted by Gasteiger charge is -2.08. The first-order valence-corrected chi connectivity index (χ1v) is 6.84. The van der Waals surface area contributed by atoms with Crippen molar-refractivity contribution in [2.45, 2.75) is 6.61 Å². The maximum absolute atomic E-state index is 10.9. The molecule has 0 fully saturated rings. The molecule has 0 N–H and O–H groups in total. The fraction of sp³-hybridized carbons (Fsp3) is 0.0769. The first-order valence-electron chi connectivity index (χ1n) is 5.38. The second kappa shape index (κ2) is 6.21. The van der Waals surface area contributed by atoms with Crippen LogP contribution in [0.1, 0.15) is 5.56 Å². The van der Waals surface area contributed by atoms with Crippen molar-refractivity contribution < 1.29 is 9.66 Å². The van der Waals surface area contributed by atoms with E-state index in [1.165, 1.54) is 6.07 Å². The molecule has 0 spiro atoms. The normalized spacial score (nSPS) is 10.2. The zero-order chi connectivity index (χ0) is 13.8. The highest BCUT2D eigenvalue weighted by Gasteiger charge is 2.15. The second-order valence-corrected chi connectivity index (χ2v) is 5.35. The Bertz CT molecular complexity index is 619. The van der Waals surface area contributed by atoms with E-state index in [4.69, 9.17) is 16.3 Å². The Hall–Kier alpha value is -1.34. The minimum Gasteiger partial charge on any atom is -0.488 e. The molecule has 0 atom stereocenters. The Kier molecular flexibility index (Phi) is 4.60. The van der Waals surface area contributed by atoms with Crippen molar-refractivity contribution >= 4 is 39.9 Å². The summed E-state index contributed by atoms with van der Waals surface area (Å²) in [6.45, 7) is 0.132. The van der Waals surface area contributed by atoms with Crippen molar-refractivity contribution in [3.63, 3.8) is 0 Å². The van der Waals surface area contributed by atoms with Crippen LogP contribution < -0.4 is 4.74 Å². The average molecular weight is 390 g/mol. The quantitative estimate of drug-likeness (QED) is 0.441. The van der Waals surface area contributed by atoms with Gasteiger partial charge >= 0.3 is 0 Å². The van der Waals surface area contributed by atoms with Crippen molar-refractivity contribution in [1.82, 2.24) is 0 Å². The van der Waals surface area contributed by atoms with Crippen LogP contribution in [0.5, 0.6) is 5.75 Å². The molecule has 0 saturated carbocycles. The lowest BCUT2D eigenvalue weighted by atomic mass is 10.2. The van der Waals surface area contributed by atoms with Gasteiger partial charge in [0.15, 0.2) is 0 Å². The number of nitrogens with zero attached hydrogens (tertiary/aromatic N) is 1. The van der Waals surface area contributed by atoms with E-state index >= 15 is 0 Å². The van der Waals surface area contributed by atoms with E-state index in [9.17, 15) is 10.1 Å². The van der Waals surface area contributed by atoms with Gasteiger partial charge in [0.05, 0.1) is 14.1 Å². The smallest absolute Gasteiger partial charge is 0.277 e. The van der Waals surface area contributed by atoms with Gasteiger partial charge in [-0.15, -0.1) is 0 Å². The summed E-state index contributed by atoms with van der Waals surface area (Å²) in [7, 11) is 0. The van der Waals surface area contributed by atoms with Crippen LogP contribution in [-0.2, 0) is 6.61 Å². The SMILES string of the molecule is O=[N+]([O-])c1cc(Cl)ccc1COc1ccccc1I. The number of ether oxygens (including phenoxy) is 1. The predicted molar refractivity (Wildman–Crippen MR) is 81.6 cm³/mol. The maximum Gasteiger partial charge on any atom is 0.277 e. The van der Waals surface area contributed by atoms with Crippen LogP contribution in [0.15, 0.2) is 42.5 Å². The van der Waals surface area contributed by atoms with E-state index in [2.05, 4.69) is 22.6 Å². The Morgan fingerprint density at radius 3 is 2.68 bits per heavy atom. The summed E-state index contributed by atoms with van der Waals surface area (Å²) in [6, 6.07) is 12.0. The third kappa shape index (κ3) is 3.57. The van der Waals surface area contributed by atoms with E-state index in [1.807, 2.05) is 24.3 Å². The van der Waals surface area contributed by atoms with Gasteiger partial charge in [0, 0.05) is 11.1 Å². The molecule has 0 saturated heterocycles. The molecule has 0 aliphatic rings. The van der Waals surface area contributed by atoms with Crippen molar-refractivity contribution in [2.24, 2.45) is 0 Å². The van der Waals surface area contributed by atoms with Crippen molar-refractivity contribution in [3.05, 3.63) is 66.7 Å². The first-order chi connectivity index (χ1) is 9.08. The van der Waals surface area contributed by atoms with E-state index in [1.54, 1.807) is 12.1 Å². The summed E-state index contributed by atoms with van der Waals surface area (Å²) in [4.78, 5) is 10.5. The van der Waals surface area contributed by atoms with Crippen LogP contribution in [0.2, 0.25) is 5.02 Å². The van der Waals surface area contributed by atoms with Gasteiger partial charge in [0.1, 0.15) is 12.4 Å². The average Bonchev–Trinajstić information content (AvgIpc) is 2.38. The Balaban J connectivity index is 2.20. The van der Waals surface area contributed by atoms with Crippen LogP contribution in [0.4, 0.5) is 5.69 Å². The van der Waals surface area contributed by atoms with Crippen molar-refractivity contribution in [3.8, 4) is 5.75 Å². The topological polar surface area (TPSA) is 52.4 Å². The summed E-state index contributed by atoms with van der Waals surface area (Å²) in [6.07, 6.45) is 0. The monoisotopic (exact) mass is 389 g/mol. The molecule has 0 radical (unpaired) electrons. The van der Waals surface area contributed by atoms with Gasteiger partial charge in [0.25, 0.3) is 5.69 Å². The molecule has 2 aromatic carbocycles. The van der Waals surface area contributed by atoms with Gasteiger partial charge in [-0.3, -0.25) is 10.1 Å². The molecular formula is C13H9ClINO3. The molecule has 0 unspecified atom stereocenters. The predicted octanol–water partition coefficient (Wildman–Crippen LogP) is 4.43. The summed E-state index contributed by atoms with van der Waals surface area (Å²) in [5, 5.41) is 11.3. The van der Waals surface area contributed by atoms with Crippen LogP contribution in [0.3, 0.4) is 0 Å². The van der Waals surface area contributed by atoms with E-state index in [0.29, 0.717) is 16.3 Å². The second-order valence-electron chi connectivity index (χ2n) is 3.75. The maximum atomic E-state index is 10.9. The highest BCUT2D eigenvalue weighted by molar-refractivity contribution is 14.1. The molecule has 19 heavy (non-hydrogen) atoms. The summed E-state index contributed by atoms with van der Waals surface area (Å²) in [5.74, 6) is 0.701. The van der Waals surface area contributed by atoms with E-state index in [0.717, 1.165) is 3.57 Å². The van der Waals surface area contributed by atoms with Crippen molar-refractivity contribution in [1.29, 1.82) is 0 Å². The zero-order valence-corrected chi connectivity index (χ0v) is 12.6. The number of hydrogen-bond donors (Lipinski definition) is 0. The molecule has 4 nitrogen and oxygen atoms in total. The number of para-hydroxylation sites is 1. The number of nitro benzene ring substituents is 1. The molecule has 98 valence electrons. The van der Waals surface area contributed by atoms with Crippen LogP contribution in [0.25, 0.3) is 0 Å². The molecular weight excluding hydrogens is 381 g/mol. The highest BCUT2D eigenvalue weighted by Crippen LogP contribution is 2.26. The molecule has 2 rings (SSSR count). The fourth-order valence-electron chi connectivity index (χ4n) is 1.55. The van der Waals surface area contributed by atoms with Gasteiger partial charge < -0.3 is 4.74 Å². The third-order valence-electron chi connectivity index (χ3n) is 2.46. The molecule has 2 aromatic rings. The highest BCUT2D eigenvalue weighted by atomic mass is 127. The minimum absolute atomic E-state index is 0.0292. The van der Waals surface area contributed by atoms with Gasteiger partial charge in [-0.2, -0.15) is 0 Å². The number of benzene rings is 2. The number of halogens is 2. The standard InChI is InChI=1S/C13H9ClINO3/c14-10-6-5-9(12(7-10)16(17)18)8-19-13-4-2-1-3-11(13)15/h1-7H,8H2. The third-order valence-corrected chi connectivity index (χ3v) is 3.59. The van der Waals surface area contributed by atoms with Crippen LogP contribution in [-0.4, -0.2) is 4.92 Å². The largest absolute Gasteiger partial charge is 0.488 e. The van der Waals surface area contributed by atoms with Gasteiger partial charge in [0.2, 0.25) is 0 Å². The zero-order valence-electron chi connectivity index (χ0n) is 9.68. The number of nitro groups is 1. The Morgan fingerprint density at radius 2 is 2.00 bits per heavy atom. The van der Waals surface area contributed by atoms with Gasteiger partial charge in [-0.1, -0.05) is 23.7 Å². The minimum atomic E-state index is -0.458. The summed E-state index contributed by atoms with van der Waals surface area (Å²) < 4.78 is 6.55.